The molecule has 22 heavy (non-hydrogen) atoms. The van der Waals surface area contributed by atoms with Crippen LogP contribution in [0.3, 0.4) is 0 Å². The number of fused-ring (bicyclic) bond motifs is 1. The third-order valence-corrected chi connectivity index (χ3v) is 3.87. The van der Waals surface area contributed by atoms with Crippen molar-refractivity contribution >= 4 is 22.9 Å². The Bertz CT molecular complexity index is 922. The maximum Gasteiger partial charge on any atom is 0.407 e. The number of hydrogen-bond donors (Lipinski definition) is 2. The lowest BCUT2D eigenvalue weighted by Crippen LogP contribution is -2.33. The summed E-state index contributed by atoms with van der Waals surface area (Å²) in [5.41, 5.74) is 5.47. The number of nitrogens with two attached hydrogens (primary N) is 1. The number of carbonyl (C=O) groups is 1. The first-order valence-corrected chi connectivity index (χ1v) is 6.81. The topological polar surface area (TPSA) is 104 Å². The average Bonchev–Trinajstić information content (AvgIpc) is 3.03. The summed E-state index contributed by atoms with van der Waals surface area (Å²) in [5.74, 6) is 0.150. The molecule has 0 saturated heterocycles. The van der Waals surface area contributed by atoms with Crippen molar-refractivity contribution in [1.29, 1.82) is 0 Å². The monoisotopic (exact) mass is 309 g/mol. The molecule has 2 atom stereocenters. The fraction of sp³-hybridized carbons (Fsp3) is 0.500. The van der Waals surface area contributed by atoms with Crippen LogP contribution in [0.15, 0.2) is 17.1 Å². The Morgan fingerprint density at radius 2 is 2.41 bits per heavy atom. The van der Waals surface area contributed by atoms with E-state index in [1.54, 1.807) is 0 Å². The average molecular weight is 309 g/mol. The molecule has 1 fully saturated rings. The van der Waals surface area contributed by atoms with Crippen LogP contribution in [0, 0.1) is 0 Å². The number of amides is 1. The number of nitrogens with zero attached hydrogens (tertiary/aromatic N) is 3. The number of anilines is 1. The van der Waals surface area contributed by atoms with Crippen molar-refractivity contribution in [3.8, 4) is 0 Å². The van der Waals surface area contributed by atoms with E-state index < -0.39 is 30.8 Å². The summed E-state index contributed by atoms with van der Waals surface area (Å²) in [4.78, 5) is 28.2. The molecule has 0 aliphatic heterocycles. The SMILES string of the molecule is [2H]C([2H])([2H])n1c(=O)n([C@@H]2CC[C@@]([2H])(NC(=O)OC)C2)c2cc(N)ncc21. The molecular weight excluding hydrogens is 286 g/mol. The zero-order chi connectivity index (χ0) is 19.3. The predicted molar refractivity (Wildman–Crippen MR) is 81.6 cm³/mol. The highest BCUT2D eigenvalue weighted by Gasteiger charge is 2.30. The Balaban J connectivity index is 2.09. The van der Waals surface area contributed by atoms with Crippen molar-refractivity contribution in [2.75, 3.05) is 12.8 Å². The van der Waals surface area contributed by atoms with Crippen LogP contribution in [-0.4, -0.2) is 33.3 Å². The fourth-order valence-electron chi connectivity index (χ4n) is 2.84. The number of nitrogens with one attached hydrogen (secondary N) is 1. The van der Waals surface area contributed by atoms with Gasteiger partial charge in [-0.1, -0.05) is 0 Å². The van der Waals surface area contributed by atoms with E-state index in [9.17, 15) is 9.59 Å². The molecular formula is C14H19N5O3. The van der Waals surface area contributed by atoms with E-state index in [2.05, 4.69) is 15.0 Å². The number of nitrogen functional groups attached to an aromatic ring is 1. The number of carbonyl (C=O) groups excluding carboxylic acids is 1. The lowest BCUT2D eigenvalue weighted by molar-refractivity contribution is 0.166. The van der Waals surface area contributed by atoms with Gasteiger partial charge in [-0.3, -0.25) is 9.13 Å². The zero-order valence-corrected chi connectivity index (χ0v) is 12.0. The lowest BCUT2D eigenvalue weighted by atomic mass is 10.2. The first-order valence-electron chi connectivity index (χ1n) is 8.81. The van der Waals surface area contributed by atoms with Crippen LogP contribution in [0.4, 0.5) is 10.6 Å². The largest absolute Gasteiger partial charge is 0.453 e. The van der Waals surface area contributed by atoms with Gasteiger partial charge < -0.3 is 15.8 Å². The highest BCUT2D eigenvalue weighted by Crippen LogP contribution is 2.31. The van der Waals surface area contributed by atoms with Crippen molar-refractivity contribution in [2.45, 2.75) is 31.3 Å². The number of ether oxygens (including phenoxy) is 1. The highest BCUT2D eigenvalue weighted by atomic mass is 16.5. The van der Waals surface area contributed by atoms with Gasteiger partial charge in [0.1, 0.15) is 5.82 Å². The Kier molecular flexibility index (Phi) is 2.50. The predicted octanol–water partition coefficient (Wildman–Crippen LogP) is 0.767. The van der Waals surface area contributed by atoms with E-state index in [0.717, 1.165) is 0 Å². The zero-order valence-electron chi connectivity index (χ0n) is 16.0. The first-order chi connectivity index (χ1) is 12.1. The van der Waals surface area contributed by atoms with Gasteiger partial charge in [0.25, 0.3) is 0 Å². The third-order valence-electron chi connectivity index (χ3n) is 3.87. The lowest BCUT2D eigenvalue weighted by Gasteiger charge is -2.14. The van der Waals surface area contributed by atoms with E-state index in [-0.39, 0.29) is 17.8 Å². The number of rotatable bonds is 2. The summed E-state index contributed by atoms with van der Waals surface area (Å²) in [5, 5.41) is 2.46. The quantitative estimate of drug-likeness (QED) is 0.852. The minimum Gasteiger partial charge on any atom is -0.453 e. The number of aryl methyl sites for hydroxylation is 1. The van der Waals surface area contributed by atoms with Crippen LogP contribution in [0.25, 0.3) is 11.0 Å². The molecule has 2 heterocycles. The van der Waals surface area contributed by atoms with Crippen LogP contribution in [-0.2, 0) is 11.7 Å². The smallest absolute Gasteiger partial charge is 0.407 e. The molecule has 0 radical (unpaired) electrons. The molecule has 0 unspecified atom stereocenters. The molecule has 0 bridgehead atoms. The van der Waals surface area contributed by atoms with Gasteiger partial charge in [-0.15, -0.1) is 0 Å². The molecule has 3 N–H and O–H groups in total. The molecule has 0 spiro atoms. The van der Waals surface area contributed by atoms with Gasteiger partial charge in [-0.05, 0) is 19.3 Å². The molecule has 0 aromatic carbocycles. The van der Waals surface area contributed by atoms with Crippen LogP contribution in [0.2, 0.25) is 0 Å². The molecule has 1 amide bonds. The van der Waals surface area contributed by atoms with E-state index in [4.69, 9.17) is 11.2 Å². The molecule has 2 aromatic heterocycles. The van der Waals surface area contributed by atoms with Crippen molar-refractivity contribution in [1.82, 2.24) is 19.4 Å². The third kappa shape index (κ3) is 2.30. The van der Waals surface area contributed by atoms with Crippen LogP contribution < -0.4 is 16.7 Å². The number of pyridine rings is 1. The van der Waals surface area contributed by atoms with Crippen LogP contribution >= 0.6 is 0 Å². The van der Waals surface area contributed by atoms with E-state index >= 15 is 0 Å². The standard InChI is InChI=1S/C14H19N5O3/c1-18-11-7-16-12(15)6-10(11)19(14(18)21)9-4-3-8(5-9)17-13(20)22-2/h6-9H,3-5H2,1-2H3,(H2,15,16)(H,17,20)/t8-,9-/m1/s1/i1D3,8D. The molecule has 8 nitrogen and oxygen atoms in total. The first kappa shape index (κ1) is 10.3. The molecule has 1 aliphatic rings. The summed E-state index contributed by atoms with van der Waals surface area (Å²) in [7, 11) is 1.20. The minimum atomic E-state index is -2.68. The summed E-state index contributed by atoms with van der Waals surface area (Å²) in [6.07, 6.45) is 1.36. The summed E-state index contributed by atoms with van der Waals surface area (Å²) >= 11 is 0. The van der Waals surface area contributed by atoms with Gasteiger partial charge in [-0.25, -0.2) is 14.6 Å². The van der Waals surface area contributed by atoms with Gasteiger partial charge >= 0.3 is 11.8 Å². The van der Waals surface area contributed by atoms with Gasteiger partial charge in [0.15, 0.2) is 0 Å². The van der Waals surface area contributed by atoms with Gasteiger partial charge in [0.05, 0.1) is 25.7 Å². The Hall–Kier alpha value is -2.51. The number of hydrogen-bond acceptors (Lipinski definition) is 5. The maximum atomic E-state index is 12.8. The Morgan fingerprint density at radius 1 is 1.59 bits per heavy atom. The van der Waals surface area contributed by atoms with Gasteiger partial charge in [0, 0.05) is 29.2 Å². The second-order valence-corrected chi connectivity index (χ2v) is 5.20. The van der Waals surface area contributed by atoms with Crippen molar-refractivity contribution < 1.29 is 15.0 Å². The fourth-order valence-corrected chi connectivity index (χ4v) is 2.84. The second-order valence-electron chi connectivity index (χ2n) is 5.20. The van der Waals surface area contributed by atoms with E-state index in [1.165, 1.54) is 23.9 Å². The molecule has 3 rings (SSSR count). The molecule has 1 aliphatic carbocycles. The van der Waals surface area contributed by atoms with Gasteiger partial charge in [0.2, 0.25) is 0 Å². The maximum absolute atomic E-state index is 12.8. The Labute approximate surface area is 132 Å². The highest BCUT2D eigenvalue weighted by molar-refractivity contribution is 5.77. The second kappa shape index (κ2) is 5.36. The minimum absolute atomic E-state index is 0.129. The van der Waals surface area contributed by atoms with Crippen molar-refractivity contribution in [3.63, 3.8) is 0 Å². The molecule has 8 heteroatoms. The Morgan fingerprint density at radius 3 is 3.14 bits per heavy atom. The molecule has 2 aromatic rings. The number of alkyl carbamates (subject to hydrolysis) is 1. The van der Waals surface area contributed by atoms with Gasteiger partial charge in [-0.2, -0.15) is 0 Å². The summed E-state index contributed by atoms with van der Waals surface area (Å²) in [6.45, 7) is -2.68. The summed E-state index contributed by atoms with van der Waals surface area (Å²) < 4.78 is 37.9. The number of imidazole rings is 1. The van der Waals surface area contributed by atoms with Crippen LogP contribution in [0.1, 0.15) is 30.8 Å². The number of aromatic nitrogens is 3. The van der Waals surface area contributed by atoms with E-state index in [0.29, 0.717) is 22.9 Å². The molecule has 118 valence electrons. The molecule has 1 saturated carbocycles. The summed E-state index contributed by atoms with van der Waals surface area (Å²) in [6, 6.07) is -0.328. The van der Waals surface area contributed by atoms with Crippen molar-refractivity contribution in [2.24, 2.45) is 6.98 Å². The number of methoxy groups -OCH3 is 1. The normalized spacial score (nSPS) is 27.8. The van der Waals surface area contributed by atoms with Crippen LogP contribution in [0.5, 0.6) is 0 Å². The van der Waals surface area contributed by atoms with E-state index in [1.807, 2.05) is 0 Å². The van der Waals surface area contributed by atoms with Crippen molar-refractivity contribution in [3.05, 3.63) is 22.7 Å².